The molecule has 0 aliphatic rings. The van der Waals surface area contributed by atoms with Crippen molar-refractivity contribution in [1.82, 2.24) is 0 Å². The van der Waals surface area contributed by atoms with Crippen LogP contribution in [0.5, 0.6) is 5.75 Å². The van der Waals surface area contributed by atoms with E-state index in [0.717, 1.165) is 0 Å². The fraction of sp³-hybridized carbons (Fsp3) is 0.150. The van der Waals surface area contributed by atoms with Gasteiger partial charge in [-0.05, 0) is 49.4 Å². The summed E-state index contributed by atoms with van der Waals surface area (Å²) < 4.78 is 10.8. The number of aliphatic hydroxyl groups is 1. The minimum Gasteiger partial charge on any atom is -0.495 e. The maximum absolute atomic E-state index is 12.6. The number of carbonyl (C=O) groups excluding carboxylic acids is 1. The van der Waals surface area contributed by atoms with Gasteiger partial charge in [-0.25, -0.2) is 0 Å². The maximum atomic E-state index is 12.6. The predicted molar refractivity (Wildman–Crippen MR) is 102 cm³/mol. The maximum Gasteiger partial charge on any atom is 0.272 e. The van der Waals surface area contributed by atoms with Crippen LogP contribution < -0.4 is 10.1 Å². The molecule has 0 radical (unpaired) electrons. The van der Waals surface area contributed by atoms with Crippen LogP contribution in [-0.4, -0.2) is 23.0 Å². The SMILES string of the molecule is COc1ccc(-c2ccc(CO)o2)cc1NC(=O)c1ccc([N+](=O)[O-])c(C)c1. The van der Waals surface area contributed by atoms with Gasteiger partial charge in [-0.3, -0.25) is 14.9 Å². The van der Waals surface area contributed by atoms with Crippen molar-refractivity contribution < 1.29 is 24.0 Å². The number of benzene rings is 2. The van der Waals surface area contributed by atoms with Crippen LogP contribution >= 0.6 is 0 Å². The molecule has 0 saturated carbocycles. The molecule has 0 aliphatic heterocycles. The third-order valence-electron chi connectivity index (χ3n) is 4.21. The Bertz CT molecular complexity index is 1040. The highest BCUT2D eigenvalue weighted by Crippen LogP contribution is 2.32. The van der Waals surface area contributed by atoms with E-state index in [9.17, 15) is 14.9 Å². The number of rotatable bonds is 6. The van der Waals surface area contributed by atoms with Gasteiger partial charge in [-0.15, -0.1) is 0 Å². The Balaban J connectivity index is 1.90. The lowest BCUT2D eigenvalue weighted by atomic mass is 10.1. The van der Waals surface area contributed by atoms with Crippen molar-refractivity contribution in [1.29, 1.82) is 0 Å². The molecular formula is C20H18N2O6. The quantitative estimate of drug-likeness (QED) is 0.493. The number of aryl methyl sites for hydroxylation is 1. The molecule has 8 heteroatoms. The first-order valence-electron chi connectivity index (χ1n) is 8.37. The van der Waals surface area contributed by atoms with Gasteiger partial charge >= 0.3 is 0 Å². The van der Waals surface area contributed by atoms with Crippen molar-refractivity contribution >= 4 is 17.3 Å². The van der Waals surface area contributed by atoms with Crippen molar-refractivity contribution in [2.24, 2.45) is 0 Å². The number of nitrogens with one attached hydrogen (secondary N) is 1. The van der Waals surface area contributed by atoms with Crippen molar-refractivity contribution in [3.8, 4) is 17.1 Å². The number of anilines is 1. The van der Waals surface area contributed by atoms with Crippen LogP contribution in [0.4, 0.5) is 11.4 Å². The van der Waals surface area contributed by atoms with E-state index in [1.54, 1.807) is 37.3 Å². The number of carbonyl (C=O) groups is 1. The summed E-state index contributed by atoms with van der Waals surface area (Å²) in [4.78, 5) is 23.1. The zero-order chi connectivity index (χ0) is 20.3. The lowest BCUT2D eigenvalue weighted by Crippen LogP contribution is -2.13. The molecule has 28 heavy (non-hydrogen) atoms. The molecule has 0 spiro atoms. The molecule has 8 nitrogen and oxygen atoms in total. The molecule has 1 aromatic heterocycles. The van der Waals surface area contributed by atoms with E-state index in [-0.39, 0.29) is 17.9 Å². The third kappa shape index (κ3) is 3.86. The number of furan rings is 1. The van der Waals surface area contributed by atoms with Gasteiger partial charge in [-0.2, -0.15) is 0 Å². The largest absolute Gasteiger partial charge is 0.495 e. The minimum absolute atomic E-state index is 0.0476. The van der Waals surface area contributed by atoms with E-state index in [2.05, 4.69) is 5.32 Å². The normalized spacial score (nSPS) is 10.5. The molecule has 2 N–H and O–H groups in total. The molecule has 1 amide bonds. The molecule has 0 bridgehead atoms. The van der Waals surface area contributed by atoms with Crippen LogP contribution in [0.3, 0.4) is 0 Å². The Hall–Kier alpha value is -3.65. The van der Waals surface area contributed by atoms with Gasteiger partial charge in [-0.1, -0.05) is 0 Å². The second-order valence-electron chi connectivity index (χ2n) is 6.05. The molecule has 0 aliphatic carbocycles. The second kappa shape index (κ2) is 7.93. The van der Waals surface area contributed by atoms with Crippen molar-refractivity contribution in [3.63, 3.8) is 0 Å². The summed E-state index contributed by atoms with van der Waals surface area (Å²) in [5, 5.41) is 22.8. The Morgan fingerprint density at radius 2 is 2.00 bits per heavy atom. The molecule has 3 aromatic rings. The fourth-order valence-electron chi connectivity index (χ4n) is 2.77. The summed E-state index contributed by atoms with van der Waals surface area (Å²) in [6.45, 7) is 1.37. The summed E-state index contributed by atoms with van der Waals surface area (Å²) in [5.74, 6) is 0.986. The Kier molecular flexibility index (Phi) is 5.42. The fourth-order valence-corrected chi connectivity index (χ4v) is 2.77. The van der Waals surface area contributed by atoms with Gasteiger partial charge in [0.1, 0.15) is 23.9 Å². The van der Waals surface area contributed by atoms with Crippen molar-refractivity contribution in [3.05, 3.63) is 75.5 Å². The molecule has 1 heterocycles. The van der Waals surface area contributed by atoms with Crippen molar-refractivity contribution in [2.75, 3.05) is 12.4 Å². The van der Waals surface area contributed by atoms with Crippen molar-refractivity contribution in [2.45, 2.75) is 13.5 Å². The molecule has 0 atom stereocenters. The van der Waals surface area contributed by atoms with Gasteiger partial charge in [0.05, 0.1) is 17.7 Å². The van der Waals surface area contributed by atoms with Crippen LogP contribution in [-0.2, 0) is 6.61 Å². The summed E-state index contributed by atoms with van der Waals surface area (Å²) in [6.07, 6.45) is 0. The standard InChI is InChI=1S/C20H18N2O6/c1-12-9-14(3-6-17(12)22(25)26)20(24)21-16-10-13(4-7-19(16)27-2)18-8-5-15(11-23)28-18/h3-10,23H,11H2,1-2H3,(H,21,24). The Morgan fingerprint density at radius 3 is 2.61 bits per heavy atom. The lowest BCUT2D eigenvalue weighted by molar-refractivity contribution is -0.385. The molecule has 3 rings (SSSR count). The number of hydrogen-bond donors (Lipinski definition) is 2. The predicted octanol–water partition coefficient (Wildman–Crippen LogP) is 3.92. The van der Waals surface area contributed by atoms with E-state index in [1.165, 1.54) is 25.3 Å². The number of amides is 1. The Morgan fingerprint density at radius 1 is 1.21 bits per heavy atom. The van der Waals surface area contributed by atoms with Crippen LogP contribution in [0, 0.1) is 17.0 Å². The van der Waals surface area contributed by atoms with Gasteiger partial charge < -0.3 is 19.6 Å². The van der Waals surface area contributed by atoms with E-state index in [1.807, 2.05) is 0 Å². The number of nitro benzene ring substituents is 1. The van der Waals surface area contributed by atoms with Crippen LogP contribution in [0.2, 0.25) is 0 Å². The molecule has 2 aromatic carbocycles. The zero-order valence-electron chi connectivity index (χ0n) is 15.3. The van der Waals surface area contributed by atoms with E-state index in [0.29, 0.717) is 34.1 Å². The van der Waals surface area contributed by atoms with Gasteiger partial charge in [0.2, 0.25) is 0 Å². The summed E-state index contributed by atoms with van der Waals surface area (Å²) in [7, 11) is 1.48. The minimum atomic E-state index is -0.493. The smallest absolute Gasteiger partial charge is 0.272 e. The first kappa shape index (κ1) is 19.1. The van der Waals surface area contributed by atoms with E-state index < -0.39 is 10.8 Å². The highest BCUT2D eigenvalue weighted by atomic mass is 16.6. The van der Waals surface area contributed by atoms with E-state index in [4.69, 9.17) is 14.3 Å². The molecule has 0 fully saturated rings. The lowest BCUT2D eigenvalue weighted by Gasteiger charge is -2.12. The average molecular weight is 382 g/mol. The van der Waals surface area contributed by atoms with Crippen LogP contribution in [0.15, 0.2) is 52.9 Å². The first-order chi connectivity index (χ1) is 13.4. The monoisotopic (exact) mass is 382 g/mol. The van der Waals surface area contributed by atoms with Crippen LogP contribution in [0.25, 0.3) is 11.3 Å². The van der Waals surface area contributed by atoms with E-state index >= 15 is 0 Å². The van der Waals surface area contributed by atoms with Gasteiger partial charge in [0, 0.05) is 22.8 Å². The first-order valence-corrected chi connectivity index (χ1v) is 8.37. The number of hydrogen-bond acceptors (Lipinski definition) is 6. The summed E-state index contributed by atoms with van der Waals surface area (Å²) in [6, 6.07) is 12.7. The second-order valence-corrected chi connectivity index (χ2v) is 6.05. The van der Waals surface area contributed by atoms with Gasteiger partial charge in [0.25, 0.3) is 11.6 Å². The van der Waals surface area contributed by atoms with Crippen LogP contribution in [0.1, 0.15) is 21.7 Å². The number of nitrogens with zero attached hydrogens (tertiary/aromatic N) is 1. The molecule has 144 valence electrons. The molecule has 0 saturated heterocycles. The number of methoxy groups -OCH3 is 1. The zero-order valence-corrected chi connectivity index (χ0v) is 15.3. The summed E-state index contributed by atoms with van der Waals surface area (Å²) in [5.41, 5.74) is 1.74. The highest BCUT2D eigenvalue weighted by molar-refractivity contribution is 6.05. The number of ether oxygens (including phenoxy) is 1. The number of nitro groups is 1. The highest BCUT2D eigenvalue weighted by Gasteiger charge is 2.16. The molecular weight excluding hydrogens is 364 g/mol. The van der Waals surface area contributed by atoms with Gasteiger partial charge in [0.15, 0.2) is 0 Å². The Labute approximate surface area is 160 Å². The topological polar surface area (TPSA) is 115 Å². The average Bonchev–Trinajstić information content (AvgIpc) is 3.16. The third-order valence-corrected chi connectivity index (χ3v) is 4.21. The molecule has 0 unspecified atom stereocenters. The number of aliphatic hydroxyl groups excluding tert-OH is 1. The summed E-state index contributed by atoms with van der Waals surface area (Å²) >= 11 is 0.